The van der Waals surface area contributed by atoms with E-state index in [0.29, 0.717) is 28.7 Å². The summed E-state index contributed by atoms with van der Waals surface area (Å²) in [6, 6.07) is 20.3. The zero-order valence-corrected chi connectivity index (χ0v) is 19.0. The molecule has 1 heterocycles. The Bertz CT molecular complexity index is 1370. The van der Waals surface area contributed by atoms with E-state index in [9.17, 15) is 9.59 Å². The number of amides is 2. The molecular formula is C27H24N4O3. The molecular weight excluding hydrogens is 428 g/mol. The Hall–Kier alpha value is -4.26. The highest BCUT2D eigenvalue weighted by Crippen LogP contribution is 2.31. The van der Waals surface area contributed by atoms with Gasteiger partial charge in [0, 0.05) is 34.0 Å². The van der Waals surface area contributed by atoms with Crippen LogP contribution in [0, 0.1) is 19.8 Å². The Balaban J connectivity index is 1.29. The zero-order valence-electron chi connectivity index (χ0n) is 19.0. The number of nitrogens with zero attached hydrogens (tertiary/aromatic N) is 2. The molecule has 1 saturated carbocycles. The van der Waals surface area contributed by atoms with Crippen molar-refractivity contribution in [2.75, 3.05) is 10.6 Å². The Morgan fingerprint density at radius 3 is 2.32 bits per heavy atom. The smallest absolute Gasteiger partial charge is 0.255 e. The Morgan fingerprint density at radius 1 is 0.853 bits per heavy atom. The van der Waals surface area contributed by atoms with Crippen molar-refractivity contribution >= 4 is 23.2 Å². The molecule has 2 amide bonds. The summed E-state index contributed by atoms with van der Waals surface area (Å²) in [5, 5.41) is 14.2. The lowest BCUT2D eigenvalue weighted by Gasteiger charge is -2.12. The summed E-state index contributed by atoms with van der Waals surface area (Å²) in [5.74, 6) is 0.749. The van der Waals surface area contributed by atoms with Crippen LogP contribution < -0.4 is 10.6 Å². The van der Waals surface area contributed by atoms with Gasteiger partial charge in [-0.1, -0.05) is 24.3 Å². The fraction of sp³-hybridized carbons (Fsp3) is 0.185. The minimum Gasteiger partial charge on any atom is -0.416 e. The van der Waals surface area contributed by atoms with Crippen LogP contribution in [0.4, 0.5) is 11.4 Å². The van der Waals surface area contributed by atoms with Crippen molar-refractivity contribution in [2.45, 2.75) is 26.7 Å². The highest BCUT2D eigenvalue weighted by Gasteiger charge is 2.29. The van der Waals surface area contributed by atoms with Crippen LogP contribution in [-0.4, -0.2) is 22.0 Å². The molecule has 0 radical (unpaired) electrons. The van der Waals surface area contributed by atoms with E-state index < -0.39 is 0 Å². The average molecular weight is 453 g/mol. The van der Waals surface area contributed by atoms with Crippen molar-refractivity contribution in [1.29, 1.82) is 0 Å². The van der Waals surface area contributed by atoms with Crippen molar-refractivity contribution < 1.29 is 14.0 Å². The second-order valence-corrected chi connectivity index (χ2v) is 8.55. The van der Waals surface area contributed by atoms with Crippen molar-refractivity contribution in [2.24, 2.45) is 5.92 Å². The normalized spacial score (nSPS) is 12.9. The minimum atomic E-state index is -0.244. The monoisotopic (exact) mass is 452 g/mol. The third kappa shape index (κ3) is 4.59. The van der Waals surface area contributed by atoms with Crippen molar-refractivity contribution in [3.05, 3.63) is 83.4 Å². The molecule has 0 spiro atoms. The van der Waals surface area contributed by atoms with Gasteiger partial charge in [0.1, 0.15) is 0 Å². The van der Waals surface area contributed by atoms with Crippen molar-refractivity contribution in [1.82, 2.24) is 10.2 Å². The van der Waals surface area contributed by atoms with E-state index in [1.807, 2.05) is 50.2 Å². The molecule has 0 bridgehead atoms. The molecule has 0 aliphatic heterocycles. The number of anilines is 2. The van der Waals surface area contributed by atoms with Crippen LogP contribution in [0.1, 0.15) is 34.3 Å². The highest BCUT2D eigenvalue weighted by molar-refractivity contribution is 6.05. The topological polar surface area (TPSA) is 97.1 Å². The predicted octanol–water partition coefficient (Wildman–Crippen LogP) is 5.62. The molecule has 1 aliphatic rings. The van der Waals surface area contributed by atoms with Gasteiger partial charge in [-0.2, -0.15) is 0 Å². The number of carbonyl (C=O) groups is 2. The summed E-state index contributed by atoms with van der Waals surface area (Å²) in [5.41, 5.74) is 5.40. The number of carbonyl (C=O) groups excluding carboxylic acids is 2. The second-order valence-electron chi connectivity index (χ2n) is 8.55. The summed E-state index contributed by atoms with van der Waals surface area (Å²) < 4.78 is 5.86. The van der Waals surface area contributed by atoms with Gasteiger partial charge >= 0.3 is 0 Å². The number of benzene rings is 3. The van der Waals surface area contributed by atoms with E-state index >= 15 is 0 Å². The van der Waals surface area contributed by atoms with E-state index in [1.54, 1.807) is 30.3 Å². The van der Waals surface area contributed by atoms with Crippen LogP contribution in [0.15, 0.2) is 71.1 Å². The van der Waals surface area contributed by atoms with E-state index in [4.69, 9.17) is 4.42 Å². The van der Waals surface area contributed by atoms with Crippen LogP contribution in [0.25, 0.3) is 22.9 Å². The predicted molar refractivity (Wildman–Crippen MR) is 130 cm³/mol. The molecule has 3 aromatic carbocycles. The molecule has 2 N–H and O–H groups in total. The first-order chi connectivity index (χ1) is 16.5. The first kappa shape index (κ1) is 21.6. The highest BCUT2D eigenvalue weighted by atomic mass is 16.4. The third-order valence-electron chi connectivity index (χ3n) is 5.90. The SMILES string of the molecule is Cc1ccc(NC(=O)C2CC2)cc1NC(=O)c1ccc(-c2nnc(-c3ccccc3C)o2)cc1. The molecule has 5 rings (SSSR count). The summed E-state index contributed by atoms with van der Waals surface area (Å²) in [6.45, 7) is 3.90. The molecule has 4 aromatic rings. The van der Waals surface area contributed by atoms with Gasteiger partial charge in [-0.3, -0.25) is 9.59 Å². The maximum atomic E-state index is 12.8. The van der Waals surface area contributed by atoms with Crippen LogP contribution in [0.3, 0.4) is 0 Å². The van der Waals surface area contributed by atoms with Gasteiger partial charge in [-0.25, -0.2) is 0 Å². The molecule has 1 aromatic heterocycles. The number of aryl methyl sites for hydroxylation is 2. The van der Waals surface area contributed by atoms with Gasteiger partial charge in [0.2, 0.25) is 17.7 Å². The zero-order chi connectivity index (χ0) is 23.7. The number of nitrogens with one attached hydrogen (secondary N) is 2. The van der Waals surface area contributed by atoms with Gasteiger partial charge in [-0.15, -0.1) is 10.2 Å². The lowest BCUT2D eigenvalue weighted by Crippen LogP contribution is -2.15. The van der Waals surface area contributed by atoms with Crippen LogP contribution in [0.2, 0.25) is 0 Å². The second kappa shape index (κ2) is 8.94. The Labute approximate surface area is 197 Å². The van der Waals surface area contributed by atoms with Crippen LogP contribution in [0.5, 0.6) is 0 Å². The molecule has 0 unspecified atom stereocenters. The largest absolute Gasteiger partial charge is 0.416 e. The van der Waals surface area contributed by atoms with Crippen molar-refractivity contribution in [3.8, 4) is 22.9 Å². The fourth-order valence-corrected chi connectivity index (χ4v) is 3.64. The van der Waals surface area contributed by atoms with Crippen LogP contribution >= 0.6 is 0 Å². The first-order valence-electron chi connectivity index (χ1n) is 11.2. The molecule has 170 valence electrons. The molecule has 7 nitrogen and oxygen atoms in total. The average Bonchev–Trinajstić information content (AvgIpc) is 3.59. The number of hydrogen-bond acceptors (Lipinski definition) is 5. The van der Waals surface area contributed by atoms with E-state index in [-0.39, 0.29) is 17.7 Å². The van der Waals surface area contributed by atoms with Gasteiger partial charge in [-0.05, 0) is 80.3 Å². The van der Waals surface area contributed by atoms with Gasteiger partial charge in [0.05, 0.1) is 0 Å². The van der Waals surface area contributed by atoms with Crippen LogP contribution in [-0.2, 0) is 4.79 Å². The quantitative estimate of drug-likeness (QED) is 0.396. The van der Waals surface area contributed by atoms with E-state index in [2.05, 4.69) is 20.8 Å². The summed E-state index contributed by atoms with van der Waals surface area (Å²) >= 11 is 0. The van der Waals surface area contributed by atoms with Crippen molar-refractivity contribution in [3.63, 3.8) is 0 Å². The maximum absolute atomic E-state index is 12.8. The van der Waals surface area contributed by atoms with Gasteiger partial charge in [0.15, 0.2) is 0 Å². The van der Waals surface area contributed by atoms with E-state index in [1.165, 1.54) is 0 Å². The number of hydrogen-bond donors (Lipinski definition) is 2. The fourth-order valence-electron chi connectivity index (χ4n) is 3.64. The molecule has 7 heteroatoms. The Morgan fingerprint density at radius 2 is 1.59 bits per heavy atom. The standard InChI is InChI=1S/C27H24N4O3/c1-16-5-3-4-6-22(16)27-31-30-26(34-27)20-12-10-19(11-13-20)25(33)29-23-15-21(14-7-17(23)2)28-24(32)18-8-9-18/h3-7,10-15,18H,8-9H2,1-2H3,(H,28,32)(H,29,33). The lowest BCUT2D eigenvalue weighted by molar-refractivity contribution is -0.117. The first-order valence-corrected chi connectivity index (χ1v) is 11.2. The molecule has 0 atom stereocenters. The summed E-state index contributed by atoms with van der Waals surface area (Å²) in [4.78, 5) is 24.9. The molecule has 34 heavy (non-hydrogen) atoms. The summed E-state index contributed by atoms with van der Waals surface area (Å²) in [7, 11) is 0. The molecule has 1 fully saturated rings. The summed E-state index contributed by atoms with van der Waals surface area (Å²) in [6.07, 6.45) is 1.88. The Kier molecular flexibility index (Phi) is 5.67. The van der Waals surface area contributed by atoms with Gasteiger partial charge < -0.3 is 15.1 Å². The van der Waals surface area contributed by atoms with Gasteiger partial charge in [0.25, 0.3) is 5.91 Å². The lowest BCUT2D eigenvalue weighted by atomic mass is 10.1. The van der Waals surface area contributed by atoms with E-state index in [0.717, 1.165) is 35.1 Å². The third-order valence-corrected chi connectivity index (χ3v) is 5.90. The number of rotatable bonds is 6. The molecule has 0 saturated heterocycles. The maximum Gasteiger partial charge on any atom is 0.255 e. The minimum absolute atomic E-state index is 0.0309. The molecule has 1 aliphatic carbocycles. The number of aromatic nitrogens is 2.